The van der Waals surface area contributed by atoms with Crippen molar-refractivity contribution < 1.29 is 9.18 Å². The van der Waals surface area contributed by atoms with Crippen LogP contribution in [-0.4, -0.2) is 38.7 Å². The summed E-state index contributed by atoms with van der Waals surface area (Å²) >= 11 is 8.34. The number of hydrogen-bond acceptors (Lipinski definition) is 3. The van der Waals surface area contributed by atoms with E-state index in [2.05, 4.69) is 26.1 Å². The first-order valence-electron chi connectivity index (χ1n) is 7.90. The first-order valence-corrected chi connectivity index (χ1v) is 9.10. The van der Waals surface area contributed by atoms with Gasteiger partial charge in [0, 0.05) is 31.1 Å². The van der Waals surface area contributed by atoms with Crippen molar-refractivity contribution in [2.24, 2.45) is 0 Å². The number of likely N-dealkylation sites (tertiary alicyclic amines) is 1. The van der Waals surface area contributed by atoms with Crippen LogP contribution in [0.3, 0.4) is 0 Å². The van der Waals surface area contributed by atoms with E-state index in [1.54, 1.807) is 17.0 Å². The number of nitrogens with one attached hydrogen (secondary N) is 1. The lowest BCUT2D eigenvalue weighted by Gasteiger charge is -2.31. The summed E-state index contributed by atoms with van der Waals surface area (Å²) in [5.74, 6) is 0.691. The third-order valence-electron chi connectivity index (χ3n) is 4.42. The van der Waals surface area contributed by atoms with Crippen molar-refractivity contribution in [3.8, 4) is 0 Å². The minimum absolute atomic E-state index is 0.130. The van der Waals surface area contributed by atoms with Crippen molar-refractivity contribution in [1.82, 2.24) is 19.7 Å². The monoisotopic (exact) mass is 412 g/mol. The van der Waals surface area contributed by atoms with Crippen LogP contribution in [0.1, 0.15) is 41.9 Å². The summed E-state index contributed by atoms with van der Waals surface area (Å²) in [4.78, 5) is 14.3. The van der Waals surface area contributed by atoms with Gasteiger partial charge in [0.05, 0.1) is 4.47 Å². The van der Waals surface area contributed by atoms with Gasteiger partial charge in [0.15, 0.2) is 4.77 Å². The molecule has 24 heavy (non-hydrogen) atoms. The number of carbonyl (C=O) groups excluding carboxylic acids is 1. The molecule has 0 aliphatic carbocycles. The molecular weight excluding hydrogens is 395 g/mol. The Hall–Kier alpha value is -1.54. The quantitative estimate of drug-likeness (QED) is 0.778. The lowest BCUT2D eigenvalue weighted by Crippen LogP contribution is -2.38. The predicted octanol–water partition coefficient (Wildman–Crippen LogP) is 3.88. The van der Waals surface area contributed by atoms with Crippen LogP contribution < -0.4 is 0 Å². The second-order valence-electron chi connectivity index (χ2n) is 5.83. The molecule has 0 bridgehead atoms. The zero-order valence-electron chi connectivity index (χ0n) is 13.3. The van der Waals surface area contributed by atoms with E-state index < -0.39 is 5.82 Å². The van der Waals surface area contributed by atoms with Gasteiger partial charge in [-0.3, -0.25) is 9.89 Å². The smallest absolute Gasteiger partial charge is 0.253 e. The Morgan fingerprint density at radius 1 is 1.46 bits per heavy atom. The van der Waals surface area contributed by atoms with E-state index >= 15 is 0 Å². The number of piperidine rings is 1. The molecule has 0 radical (unpaired) electrons. The van der Waals surface area contributed by atoms with Crippen molar-refractivity contribution in [2.75, 3.05) is 13.1 Å². The molecule has 8 heteroatoms. The molecule has 1 fully saturated rings. The molecule has 5 nitrogen and oxygen atoms in total. The van der Waals surface area contributed by atoms with Crippen molar-refractivity contribution in [3.05, 3.63) is 44.6 Å². The molecule has 1 aromatic heterocycles. The highest BCUT2D eigenvalue weighted by molar-refractivity contribution is 9.10. The summed E-state index contributed by atoms with van der Waals surface area (Å²) in [6.45, 7) is 4.08. The van der Waals surface area contributed by atoms with Crippen molar-refractivity contribution in [3.63, 3.8) is 0 Å². The molecule has 1 aromatic carbocycles. The second kappa shape index (κ2) is 7.14. The van der Waals surface area contributed by atoms with E-state index in [0.717, 1.165) is 25.2 Å². The Morgan fingerprint density at radius 3 is 2.79 bits per heavy atom. The molecule has 128 valence electrons. The summed E-state index contributed by atoms with van der Waals surface area (Å²) in [7, 11) is 0. The number of carbonyl (C=O) groups is 1. The molecule has 1 aliphatic heterocycles. The molecule has 1 saturated heterocycles. The highest BCUT2D eigenvalue weighted by Gasteiger charge is 2.27. The number of hydrogen-bond donors (Lipinski definition) is 1. The van der Waals surface area contributed by atoms with E-state index in [-0.39, 0.29) is 11.8 Å². The summed E-state index contributed by atoms with van der Waals surface area (Å²) in [6.07, 6.45) is 1.65. The van der Waals surface area contributed by atoms with E-state index in [9.17, 15) is 9.18 Å². The van der Waals surface area contributed by atoms with E-state index in [1.165, 1.54) is 6.07 Å². The second-order valence-corrected chi connectivity index (χ2v) is 7.07. The highest BCUT2D eigenvalue weighted by atomic mass is 79.9. The topological polar surface area (TPSA) is 53.9 Å². The number of halogens is 2. The summed E-state index contributed by atoms with van der Waals surface area (Å²) in [5.41, 5.74) is 0.380. The molecular formula is C16H18BrFN4OS. The molecule has 1 aliphatic rings. The number of H-pyrrole nitrogens is 1. The van der Waals surface area contributed by atoms with Gasteiger partial charge in [0.25, 0.3) is 5.91 Å². The Kier molecular flexibility index (Phi) is 5.15. The van der Waals surface area contributed by atoms with Crippen LogP contribution in [0, 0.1) is 10.6 Å². The highest BCUT2D eigenvalue weighted by Crippen LogP contribution is 2.28. The normalized spacial score (nSPS) is 15.7. The van der Waals surface area contributed by atoms with Crippen LogP contribution in [0.4, 0.5) is 4.39 Å². The van der Waals surface area contributed by atoms with Gasteiger partial charge < -0.3 is 9.47 Å². The van der Waals surface area contributed by atoms with Gasteiger partial charge in [-0.2, -0.15) is 5.10 Å². The van der Waals surface area contributed by atoms with Crippen LogP contribution in [0.5, 0.6) is 0 Å². The van der Waals surface area contributed by atoms with Crippen molar-refractivity contribution in [1.29, 1.82) is 0 Å². The van der Waals surface area contributed by atoms with Crippen LogP contribution in [0.25, 0.3) is 0 Å². The molecule has 2 heterocycles. The molecule has 2 aromatic rings. The number of amides is 1. The van der Waals surface area contributed by atoms with Gasteiger partial charge in [-0.25, -0.2) is 4.39 Å². The van der Waals surface area contributed by atoms with Gasteiger partial charge in [-0.05, 0) is 66.1 Å². The maximum Gasteiger partial charge on any atom is 0.253 e. The summed E-state index contributed by atoms with van der Waals surface area (Å²) < 4.78 is 16.6. The van der Waals surface area contributed by atoms with Gasteiger partial charge in [-0.15, -0.1) is 0 Å². The number of aromatic nitrogens is 3. The van der Waals surface area contributed by atoms with Crippen LogP contribution >= 0.6 is 28.1 Å². The third-order valence-corrected chi connectivity index (χ3v) is 5.37. The lowest BCUT2D eigenvalue weighted by atomic mass is 9.95. The third kappa shape index (κ3) is 3.30. The predicted molar refractivity (Wildman–Crippen MR) is 95.1 cm³/mol. The Bertz CT molecular complexity index is 811. The van der Waals surface area contributed by atoms with Crippen molar-refractivity contribution >= 4 is 34.1 Å². The van der Waals surface area contributed by atoms with E-state index in [1.807, 2.05) is 11.5 Å². The average Bonchev–Trinajstić information content (AvgIpc) is 2.97. The Labute approximate surface area is 153 Å². The van der Waals surface area contributed by atoms with Crippen LogP contribution in [0.15, 0.2) is 22.7 Å². The molecule has 0 unspecified atom stereocenters. The first kappa shape index (κ1) is 17.3. The van der Waals surface area contributed by atoms with Gasteiger partial charge >= 0.3 is 0 Å². The molecule has 0 saturated carbocycles. The Balaban J connectivity index is 1.69. The number of rotatable bonds is 3. The molecule has 3 rings (SSSR count). The molecule has 0 spiro atoms. The van der Waals surface area contributed by atoms with Crippen LogP contribution in [0.2, 0.25) is 0 Å². The number of aromatic amines is 1. The Morgan fingerprint density at radius 2 is 2.17 bits per heavy atom. The van der Waals surface area contributed by atoms with E-state index in [4.69, 9.17) is 12.2 Å². The molecule has 1 N–H and O–H groups in total. The molecule has 1 amide bonds. The maximum absolute atomic E-state index is 13.6. The van der Waals surface area contributed by atoms with Crippen LogP contribution in [-0.2, 0) is 6.54 Å². The largest absolute Gasteiger partial charge is 0.339 e. The molecule has 0 atom stereocenters. The van der Waals surface area contributed by atoms with E-state index in [0.29, 0.717) is 27.9 Å². The van der Waals surface area contributed by atoms with Gasteiger partial charge in [0.1, 0.15) is 11.6 Å². The van der Waals surface area contributed by atoms with Crippen molar-refractivity contribution in [2.45, 2.75) is 32.2 Å². The van der Waals surface area contributed by atoms with Gasteiger partial charge in [0.2, 0.25) is 0 Å². The number of nitrogens with zero attached hydrogens (tertiary/aromatic N) is 3. The summed E-state index contributed by atoms with van der Waals surface area (Å²) in [6, 6.07) is 4.48. The lowest BCUT2D eigenvalue weighted by molar-refractivity contribution is 0.0709. The average molecular weight is 413 g/mol. The van der Waals surface area contributed by atoms with Gasteiger partial charge in [-0.1, -0.05) is 0 Å². The SMILES string of the molecule is CCn1c(C2CCN(C(=O)c3ccc(Br)c(F)c3)CC2)n[nH]c1=S. The number of benzene rings is 1. The fourth-order valence-corrected chi connectivity index (χ4v) is 3.61. The standard InChI is InChI=1S/C16H18BrFN4OS/c1-2-22-14(19-20-16(22)24)10-5-7-21(8-6-10)15(23)11-3-4-12(17)13(18)9-11/h3-4,9-10H,2,5-8H2,1H3,(H,20,24). The minimum Gasteiger partial charge on any atom is -0.339 e. The fraction of sp³-hybridized carbons (Fsp3) is 0.438. The first-order chi connectivity index (χ1) is 11.5. The zero-order chi connectivity index (χ0) is 17.3. The zero-order valence-corrected chi connectivity index (χ0v) is 15.7. The maximum atomic E-state index is 13.6. The summed E-state index contributed by atoms with van der Waals surface area (Å²) in [5, 5.41) is 7.19. The minimum atomic E-state index is -0.422. The fourth-order valence-electron chi connectivity index (χ4n) is 3.10.